The number of phenolic OH excluding ortho intramolecular Hbond substituents is 1. The summed E-state index contributed by atoms with van der Waals surface area (Å²) in [5.74, 6) is 0.569. The minimum atomic E-state index is -2.43. The van der Waals surface area contributed by atoms with Crippen molar-refractivity contribution < 1.29 is 30.3 Å². The van der Waals surface area contributed by atoms with Crippen LogP contribution in [0.5, 0.6) is 5.75 Å². The molecule has 2 aromatic heterocycles. The topological polar surface area (TPSA) is 50.9 Å². The number of aromatic nitrogens is 3. The zero-order chi connectivity index (χ0) is 46.5. The zero-order valence-electron chi connectivity index (χ0n) is 39.6. The van der Waals surface area contributed by atoms with Gasteiger partial charge in [-0.05, 0) is 100 Å². The molecule has 10 rings (SSSR count). The summed E-state index contributed by atoms with van der Waals surface area (Å²) in [6.45, 7) is 6.19. The summed E-state index contributed by atoms with van der Waals surface area (Å²) in [6, 6.07) is 66.2. The second-order valence-electron chi connectivity index (χ2n) is 17.4. The summed E-state index contributed by atoms with van der Waals surface area (Å²) in [4.78, 5) is 10.4. The van der Waals surface area contributed by atoms with Gasteiger partial charge in [0, 0.05) is 42.6 Å². The van der Waals surface area contributed by atoms with Crippen LogP contribution in [-0.4, -0.2) is 19.6 Å². The van der Waals surface area contributed by atoms with Gasteiger partial charge in [-0.3, -0.25) is 9.55 Å². The molecule has 5 heteroatoms. The van der Waals surface area contributed by atoms with E-state index in [-0.39, 0.29) is 37.8 Å². The largest absolute Gasteiger partial charge is 0.507 e. The summed E-state index contributed by atoms with van der Waals surface area (Å²) < 4.78 is 28.6. The number of aryl methyl sites for hydroxylation is 2. The third-order valence-corrected chi connectivity index (χ3v) is 12.0. The molecule has 10 aromatic rings. The second-order valence-corrected chi connectivity index (χ2v) is 17.4. The van der Waals surface area contributed by atoms with E-state index in [1.807, 2.05) is 97.2 Å². The number of phenols is 1. The van der Waals surface area contributed by atoms with E-state index in [9.17, 15) is 5.11 Å². The van der Waals surface area contributed by atoms with Crippen LogP contribution in [0.1, 0.15) is 41.6 Å². The maximum absolute atomic E-state index is 11.6. The van der Waals surface area contributed by atoms with Gasteiger partial charge >= 0.3 is 0 Å². The first kappa shape index (κ1) is 39.5. The third-order valence-electron chi connectivity index (χ3n) is 12.0. The van der Waals surface area contributed by atoms with Crippen LogP contribution in [-0.2, 0) is 26.5 Å². The Bertz CT molecular complexity index is 3430. The smallest absolute Gasteiger partial charge is 0.148 e. The van der Waals surface area contributed by atoms with Gasteiger partial charge < -0.3 is 5.11 Å². The first-order valence-electron chi connectivity index (χ1n) is 23.1. The van der Waals surface area contributed by atoms with Crippen molar-refractivity contribution in [3.63, 3.8) is 0 Å². The number of pyridine rings is 1. The molecule has 320 valence electrons. The quantitative estimate of drug-likeness (QED) is 0.154. The number of para-hydroxylation sites is 2. The van der Waals surface area contributed by atoms with Crippen LogP contribution in [0.15, 0.2) is 194 Å². The standard InChI is InChI=1S/C60H48N3O.Pt/c1-39-23-25-42(26-24-39)45-31-32-61-54(37-45)48-35-46(41-15-8-6-9-16-41)34-47(36-48)50-20-14-21-55-58(50)62-59(51-19-12-13-22-57(51)64)63(55)56-38-52(43-17-10-7-11-18-43)40(2)33-53(56)44-27-29-49(30-28-44)60(3,4)5;/h6-35,37-38,64H,1-5H3;/q-1;/i2D3;. The van der Waals surface area contributed by atoms with Crippen molar-refractivity contribution in [2.75, 3.05) is 0 Å². The molecule has 0 atom stereocenters. The van der Waals surface area contributed by atoms with E-state index < -0.39 is 6.85 Å². The van der Waals surface area contributed by atoms with Crippen molar-refractivity contribution in [1.29, 1.82) is 0 Å². The molecule has 0 spiro atoms. The number of rotatable bonds is 8. The Morgan fingerprint density at radius 3 is 1.89 bits per heavy atom. The molecule has 65 heavy (non-hydrogen) atoms. The van der Waals surface area contributed by atoms with Crippen LogP contribution in [0.25, 0.3) is 95.0 Å². The van der Waals surface area contributed by atoms with Crippen LogP contribution >= 0.6 is 0 Å². The minimum absolute atomic E-state index is 0. The fraction of sp³-hybridized carbons (Fsp3) is 0.100. The Balaban J connectivity index is 0.00000578. The monoisotopic (exact) mass is 1020 g/mol. The van der Waals surface area contributed by atoms with Crippen molar-refractivity contribution >= 4 is 11.0 Å². The van der Waals surface area contributed by atoms with E-state index in [2.05, 4.69) is 123 Å². The van der Waals surface area contributed by atoms with Gasteiger partial charge in [0.05, 0.1) is 22.3 Å². The van der Waals surface area contributed by atoms with Gasteiger partial charge in [0.2, 0.25) is 0 Å². The molecule has 2 heterocycles. The van der Waals surface area contributed by atoms with Crippen LogP contribution in [0.3, 0.4) is 0 Å². The fourth-order valence-corrected chi connectivity index (χ4v) is 8.57. The number of hydrogen-bond donors (Lipinski definition) is 1. The molecule has 0 saturated heterocycles. The normalized spacial score (nSPS) is 12.3. The average molecular weight is 1030 g/mol. The number of fused-ring (bicyclic) bond motifs is 1. The SMILES string of the molecule is [2H]C([2H])([2H])c1cc(-c2ccc(C(C)(C)C)cc2)c(-n2c(-c3ccccc3O)nc3c(-c4[c-]c(-c5cc(-c6ccc(C)cc6)ccn5)cc(-c5ccccc5)c4)cccc32)cc1-c1ccccc1.[Pt]. The van der Waals surface area contributed by atoms with Crippen molar-refractivity contribution in [2.45, 2.75) is 40.0 Å². The molecule has 0 aliphatic heterocycles. The van der Waals surface area contributed by atoms with E-state index in [0.717, 1.165) is 66.8 Å². The van der Waals surface area contributed by atoms with Gasteiger partial charge in [0.25, 0.3) is 0 Å². The Hall–Kier alpha value is -7.13. The summed E-state index contributed by atoms with van der Waals surface area (Å²) in [5, 5.41) is 11.6. The van der Waals surface area contributed by atoms with Gasteiger partial charge in [-0.15, -0.1) is 23.8 Å². The molecule has 0 saturated carbocycles. The van der Waals surface area contributed by atoms with Crippen LogP contribution < -0.4 is 0 Å². The summed E-state index contributed by atoms with van der Waals surface area (Å²) in [6.07, 6.45) is 1.85. The van der Waals surface area contributed by atoms with Crippen LogP contribution in [0.2, 0.25) is 0 Å². The molecule has 0 radical (unpaired) electrons. The van der Waals surface area contributed by atoms with Gasteiger partial charge in [-0.2, -0.15) is 0 Å². The molecular formula is C60H48N3OPt-. The van der Waals surface area contributed by atoms with Crippen molar-refractivity contribution in [3.05, 3.63) is 217 Å². The van der Waals surface area contributed by atoms with Crippen molar-refractivity contribution in [1.82, 2.24) is 14.5 Å². The van der Waals surface area contributed by atoms with Crippen molar-refractivity contribution in [3.8, 4) is 89.7 Å². The Labute approximate surface area is 400 Å². The predicted octanol–water partition coefficient (Wildman–Crippen LogP) is 15.5. The number of imidazole rings is 1. The van der Waals surface area contributed by atoms with Gasteiger partial charge in [-0.25, -0.2) is 4.98 Å². The molecule has 0 unspecified atom stereocenters. The van der Waals surface area contributed by atoms with Crippen LogP contribution in [0.4, 0.5) is 0 Å². The van der Waals surface area contributed by atoms with Gasteiger partial charge in [0.1, 0.15) is 11.6 Å². The van der Waals surface area contributed by atoms with Crippen molar-refractivity contribution in [2.24, 2.45) is 0 Å². The second kappa shape index (κ2) is 17.8. The summed E-state index contributed by atoms with van der Waals surface area (Å²) in [7, 11) is 0. The fourth-order valence-electron chi connectivity index (χ4n) is 8.57. The predicted molar refractivity (Wildman–Crippen MR) is 266 cm³/mol. The Kier molecular flexibility index (Phi) is 10.8. The molecular weight excluding hydrogens is 974 g/mol. The molecule has 0 aliphatic carbocycles. The number of aromatic hydroxyl groups is 1. The molecule has 8 aromatic carbocycles. The first-order chi connectivity index (χ1) is 32.3. The van der Waals surface area contributed by atoms with E-state index in [0.29, 0.717) is 33.7 Å². The molecule has 0 bridgehead atoms. The first-order valence-corrected chi connectivity index (χ1v) is 21.6. The maximum Gasteiger partial charge on any atom is 0.148 e. The number of benzene rings is 8. The number of hydrogen-bond acceptors (Lipinski definition) is 3. The van der Waals surface area contributed by atoms with Crippen LogP contribution in [0, 0.1) is 19.8 Å². The molecule has 0 aliphatic rings. The van der Waals surface area contributed by atoms with Gasteiger partial charge in [-0.1, -0.05) is 183 Å². The Morgan fingerprint density at radius 2 is 1.18 bits per heavy atom. The van der Waals surface area contributed by atoms with E-state index in [4.69, 9.17) is 14.1 Å². The molecule has 1 N–H and O–H groups in total. The van der Waals surface area contributed by atoms with E-state index in [1.54, 1.807) is 12.1 Å². The Morgan fingerprint density at radius 1 is 0.554 bits per heavy atom. The number of nitrogens with zero attached hydrogens (tertiary/aromatic N) is 3. The maximum atomic E-state index is 11.6. The average Bonchev–Trinajstić information content (AvgIpc) is 3.73. The molecule has 0 amide bonds. The third kappa shape index (κ3) is 8.51. The molecule has 0 fully saturated rings. The summed E-state index contributed by atoms with van der Waals surface area (Å²) >= 11 is 0. The minimum Gasteiger partial charge on any atom is -0.507 e. The van der Waals surface area contributed by atoms with E-state index in [1.165, 1.54) is 5.56 Å². The molecule has 4 nitrogen and oxygen atoms in total. The van der Waals surface area contributed by atoms with E-state index >= 15 is 0 Å². The zero-order valence-corrected chi connectivity index (χ0v) is 38.9. The van der Waals surface area contributed by atoms with Gasteiger partial charge in [0.15, 0.2) is 0 Å². The summed E-state index contributed by atoms with van der Waals surface area (Å²) in [5.41, 5.74) is 15.6.